The third kappa shape index (κ3) is 2.93. The van der Waals surface area contributed by atoms with Crippen molar-refractivity contribution in [2.45, 2.75) is 19.8 Å². The van der Waals surface area contributed by atoms with Crippen molar-refractivity contribution < 1.29 is 0 Å². The van der Waals surface area contributed by atoms with Gasteiger partial charge in [0, 0.05) is 5.69 Å². The van der Waals surface area contributed by atoms with E-state index in [0.29, 0.717) is 22.4 Å². The Bertz CT molecular complexity index is 552. The van der Waals surface area contributed by atoms with Gasteiger partial charge in [0.1, 0.15) is 5.82 Å². The van der Waals surface area contributed by atoms with Gasteiger partial charge in [-0.05, 0) is 29.7 Å². The minimum Gasteiger partial charge on any atom is -0.397 e. The second-order valence-electron chi connectivity index (χ2n) is 4.50. The van der Waals surface area contributed by atoms with E-state index in [2.05, 4.69) is 36.3 Å². The molecule has 0 aliphatic rings. The van der Waals surface area contributed by atoms with Gasteiger partial charge >= 0.3 is 0 Å². The zero-order valence-electron chi connectivity index (χ0n) is 10.4. The molecule has 0 saturated carbocycles. The van der Waals surface area contributed by atoms with E-state index in [1.54, 1.807) is 12.3 Å². The summed E-state index contributed by atoms with van der Waals surface area (Å²) in [6.07, 6.45) is 1.58. The van der Waals surface area contributed by atoms with E-state index >= 15 is 0 Å². The number of anilines is 3. The van der Waals surface area contributed by atoms with E-state index in [1.807, 2.05) is 12.1 Å². The number of rotatable bonds is 3. The Balaban J connectivity index is 2.25. The van der Waals surface area contributed by atoms with Gasteiger partial charge in [0.2, 0.25) is 0 Å². The Morgan fingerprint density at radius 1 is 1.28 bits per heavy atom. The molecule has 0 bridgehead atoms. The maximum absolute atomic E-state index is 6.08. The molecule has 1 heterocycles. The molecule has 0 saturated heterocycles. The number of pyridine rings is 1. The molecule has 0 aliphatic carbocycles. The largest absolute Gasteiger partial charge is 0.397 e. The minimum atomic E-state index is 0.488. The van der Waals surface area contributed by atoms with E-state index in [1.165, 1.54) is 5.56 Å². The summed E-state index contributed by atoms with van der Waals surface area (Å²) in [4.78, 5) is 4.18. The zero-order chi connectivity index (χ0) is 13.1. The van der Waals surface area contributed by atoms with Crippen molar-refractivity contribution in [3.05, 3.63) is 47.1 Å². The molecular weight excluding hydrogens is 246 g/mol. The summed E-state index contributed by atoms with van der Waals surface area (Å²) in [6, 6.07) is 9.89. The maximum Gasteiger partial charge on any atom is 0.149 e. The average molecular weight is 262 g/mol. The predicted octanol–water partition coefficient (Wildman–Crippen LogP) is 4.18. The molecule has 0 fully saturated rings. The third-order valence-corrected chi connectivity index (χ3v) is 2.97. The van der Waals surface area contributed by atoms with E-state index in [0.717, 1.165) is 5.69 Å². The molecule has 2 rings (SSSR count). The number of nitrogens with zero attached hydrogens (tertiary/aromatic N) is 1. The standard InChI is InChI=1S/C14H16ClN3/c1-9(2)10-4-3-5-12(6-10)18-14-13(15)7-11(16)8-17-14/h3-9H,16H2,1-2H3,(H,17,18). The molecule has 4 heteroatoms. The van der Waals surface area contributed by atoms with E-state index in [9.17, 15) is 0 Å². The molecule has 94 valence electrons. The molecule has 0 aliphatic heterocycles. The first-order valence-electron chi connectivity index (χ1n) is 5.84. The summed E-state index contributed by atoms with van der Waals surface area (Å²) < 4.78 is 0. The second kappa shape index (κ2) is 5.27. The lowest BCUT2D eigenvalue weighted by Gasteiger charge is -2.11. The van der Waals surface area contributed by atoms with Crippen LogP contribution in [-0.4, -0.2) is 4.98 Å². The fraction of sp³-hybridized carbons (Fsp3) is 0.214. The third-order valence-electron chi connectivity index (χ3n) is 2.68. The van der Waals surface area contributed by atoms with Gasteiger partial charge in [-0.2, -0.15) is 0 Å². The van der Waals surface area contributed by atoms with Crippen LogP contribution in [0.5, 0.6) is 0 Å². The number of nitrogens with two attached hydrogens (primary N) is 1. The fourth-order valence-electron chi connectivity index (χ4n) is 1.66. The van der Waals surface area contributed by atoms with Gasteiger partial charge in [-0.25, -0.2) is 4.98 Å². The van der Waals surface area contributed by atoms with Crippen LogP contribution >= 0.6 is 11.6 Å². The van der Waals surface area contributed by atoms with Crippen LogP contribution in [0.2, 0.25) is 5.02 Å². The molecule has 2 aromatic rings. The van der Waals surface area contributed by atoms with Crippen LogP contribution in [0.25, 0.3) is 0 Å². The molecule has 0 amide bonds. The lowest BCUT2D eigenvalue weighted by atomic mass is 10.0. The monoisotopic (exact) mass is 261 g/mol. The molecule has 0 spiro atoms. The first kappa shape index (κ1) is 12.7. The Morgan fingerprint density at radius 2 is 2.06 bits per heavy atom. The highest BCUT2D eigenvalue weighted by atomic mass is 35.5. The van der Waals surface area contributed by atoms with Gasteiger partial charge in [0.05, 0.1) is 16.9 Å². The first-order chi connectivity index (χ1) is 8.56. The lowest BCUT2D eigenvalue weighted by Crippen LogP contribution is -1.97. The molecule has 0 unspecified atom stereocenters. The number of benzene rings is 1. The van der Waals surface area contributed by atoms with Crippen molar-refractivity contribution >= 4 is 28.8 Å². The number of nitrogens with one attached hydrogen (secondary N) is 1. The molecule has 3 N–H and O–H groups in total. The van der Waals surface area contributed by atoms with Gasteiger partial charge in [0.25, 0.3) is 0 Å². The van der Waals surface area contributed by atoms with Crippen LogP contribution in [0, 0.1) is 0 Å². The second-order valence-corrected chi connectivity index (χ2v) is 4.91. The summed E-state index contributed by atoms with van der Waals surface area (Å²) in [6.45, 7) is 4.32. The number of hydrogen-bond donors (Lipinski definition) is 2. The van der Waals surface area contributed by atoms with Gasteiger partial charge in [-0.15, -0.1) is 0 Å². The predicted molar refractivity (Wildman–Crippen MR) is 77.5 cm³/mol. The summed E-state index contributed by atoms with van der Waals surface area (Å²) >= 11 is 6.08. The Hall–Kier alpha value is -1.74. The smallest absolute Gasteiger partial charge is 0.149 e. The fourth-order valence-corrected chi connectivity index (χ4v) is 1.88. The summed E-state index contributed by atoms with van der Waals surface area (Å²) in [7, 11) is 0. The van der Waals surface area contributed by atoms with Crippen molar-refractivity contribution in [3.63, 3.8) is 0 Å². The Labute approximate surface area is 112 Å². The van der Waals surface area contributed by atoms with Gasteiger partial charge in [-0.1, -0.05) is 37.6 Å². The molecule has 18 heavy (non-hydrogen) atoms. The maximum atomic E-state index is 6.08. The van der Waals surface area contributed by atoms with Crippen molar-refractivity contribution in [1.29, 1.82) is 0 Å². The number of aromatic nitrogens is 1. The molecule has 1 aromatic heterocycles. The minimum absolute atomic E-state index is 0.488. The highest BCUT2D eigenvalue weighted by Gasteiger charge is 2.04. The molecule has 1 aromatic carbocycles. The molecule has 0 atom stereocenters. The van der Waals surface area contributed by atoms with Crippen molar-refractivity contribution in [2.24, 2.45) is 0 Å². The van der Waals surface area contributed by atoms with Gasteiger partial charge in [0.15, 0.2) is 0 Å². The summed E-state index contributed by atoms with van der Waals surface area (Å²) in [5, 5.41) is 3.71. The number of halogens is 1. The number of hydrogen-bond acceptors (Lipinski definition) is 3. The molecule has 0 radical (unpaired) electrons. The van der Waals surface area contributed by atoms with E-state index < -0.39 is 0 Å². The van der Waals surface area contributed by atoms with Crippen LogP contribution < -0.4 is 11.1 Å². The zero-order valence-corrected chi connectivity index (χ0v) is 11.2. The first-order valence-corrected chi connectivity index (χ1v) is 6.22. The van der Waals surface area contributed by atoms with Crippen LogP contribution in [0.1, 0.15) is 25.3 Å². The average Bonchev–Trinajstić information content (AvgIpc) is 2.33. The van der Waals surface area contributed by atoms with Gasteiger partial charge in [-0.3, -0.25) is 0 Å². The molecule has 3 nitrogen and oxygen atoms in total. The van der Waals surface area contributed by atoms with Crippen molar-refractivity contribution in [1.82, 2.24) is 4.98 Å². The summed E-state index contributed by atoms with van der Waals surface area (Å²) in [5.74, 6) is 1.10. The van der Waals surface area contributed by atoms with Crippen LogP contribution in [-0.2, 0) is 0 Å². The van der Waals surface area contributed by atoms with Crippen LogP contribution in [0.3, 0.4) is 0 Å². The topological polar surface area (TPSA) is 50.9 Å². The highest BCUT2D eigenvalue weighted by molar-refractivity contribution is 6.33. The molecular formula is C14H16ClN3. The lowest BCUT2D eigenvalue weighted by molar-refractivity contribution is 0.867. The normalized spacial score (nSPS) is 10.7. The quantitative estimate of drug-likeness (QED) is 0.871. The number of nitrogen functional groups attached to an aromatic ring is 1. The Morgan fingerprint density at radius 3 is 2.72 bits per heavy atom. The SMILES string of the molecule is CC(C)c1cccc(Nc2ncc(N)cc2Cl)c1. The van der Waals surface area contributed by atoms with Crippen LogP contribution in [0.15, 0.2) is 36.5 Å². The van der Waals surface area contributed by atoms with Crippen molar-refractivity contribution in [3.8, 4) is 0 Å². The van der Waals surface area contributed by atoms with E-state index in [-0.39, 0.29) is 0 Å². The highest BCUT2D eigenvalue weighted by Crippen LogP contribution is 2.26. The Kier molecular flexibility index (Phi) is 3.72. The van der Waals surface area contributed by atoms with Crippen molar-refractivity contribution in [2.75, 3.05) is 11.1 Å². The van der Waals surface area contributed by atoms with E-state index in [4.69, 9.17) is 17.3 Å². The van der Waals surface area contributed by atoms with Gasteiger partial charge < -0.3 is 11.1 Å². The summed E-state index contributed by atoms with van der Waals surface area (Å²) in [5.41, 5.74) is 8.41. The van der Waals surface area contributed by atoms with Crippen LogP contribution in [0.4, 0.5) is 17.2 Å².